The number of hydrogen-bond donors (Lipinski definition) is 1. The first-order valence-electron chi connectivity index (χ1n) is 8.68. The van der Waals surface area contributed by atoms with Crippen LogP contribution in [0.5, 0.6) is 0 Å². The molecule has 7 heteroatoms. The van der Waals surface area contributed by atoms with Crippen LogP contribution in [0.2, 0.25) is 0 Å². The van der Waals surface area contributed by atoms with Crippen molar-refractivity contribution >= 4 is 33.0 Å². The van der Waals surface area contributed by atoms with E-state index in [0.29, 0.717) is 36.0 Å². The normalized spacial score (nSPS) is 11.7. The highest BCUT2D eigenvalue weighted by molar-refractivity contribution is 6.08. The van der Waals surface area contributed by atoms with E-state index in [0.717, 1.165) is 11.1 Å². The van der Waals surface area contributed by atoms with Gasteiger partial charge < -0.3 is 19.1 Å². The van der Waals surface area contributed by atoms with Crippen molar-refractivity contribution in [1.29, 1.82) is 0 Å². The maximum atomic E-state index is 13.3. The van der Waals surface area contributed by atoms with E-state index in [1.807, 2.05) is 23.6 Å². The van der Waals surface area contributed by atoms with Gasteiger partial charge in [-0.05, 0) is 44.5 Å². The minimum Gasteiger partial charge on any atom is -0.414 e. The number of para-hydroxylation sites is 1. The lowest BCUT2D eigenvalue weighted by Gasteiger charge is -2.18. The van der Waals surface area contributed by atoms with E-state index in [4.69, 9.17) is 14.6 Å². The first-order chi connectivity index (χ1) is 13.0. The molecule has 0 aliphatic heterocycles. The fourth-order valence-corrected chi connectivity index (χ4v) is 3.60. The van der Waals surface area contributed by atoms with Crippen LogP contribution in [0.3, 0.4) is 0 Å². The summed E-state index contributed by atoms with van der Waals surface area (Å²) in [6.07, 6.45) is 0.715. The number of pyridine rings is 1. The average molecular weight is 366 g/mol. The summed E-state index contributed by atoms with van der Waals surface area (Å²) in [5.41, 5.74) is 6.23. The molecule has 0 bridgehead atoms. The number of nitrogens with two attached hydrogens (primary N) is 1. The number of hydrogen-bond acceptors (Lipinski definition) is 6. The van der Waals surface area contributed by atoms with E-state index in [1.165, 1.54) is 0 Å². The molecule has 0 aliphatic rings. The van der Waals surface area contributed by atoms with Crippen LogP contribution >= 0.6 is 0 Å². The first kappa shape index (κ1) is 17.2. The lowest BCUT2D eigenvalue weighted by molar-refractivity contribution is 0.449. The lowest BCUT2D eigenvalue weighted by Crippen LogP contribution is -2.22. The highest BCUT2D eigenvalue weighted by Gasteiger charge is 2.21. The molecule has 7 nitrogen and oxygen atoms in total. The van der Waals surface area contributed by atoms with E-state index in [9.17, 15) is 14.4 Å². The van der Waals surface area contributed by atoms with Crippen LogP contribution in [0.25, 0.3) is 33.0 Å². The Kier molecular flexibility index (Phi) is 3.96. The molecule has 0 atom stereocenters. The standard InChI is InChI=1S/C20H18N2O5/c1-10-11(2)17-18(27-20(25)19(24)26-17)14-15(10)22(9-5-8-21)13-7-4-3-6-12(13)16(14)23/h3-4,6-7H,5,8-9,21H2,1-2H3. The SMILES string of the molecule is Cc1c(C)c2c(c(=O)c3ccccc3n2CCCN)c2oc(=O)c(=O)oc12. The molecule has 27 heavy (non-hydrogen) atoms. The number of nitrogens with zero attached hydrogens (tertiary/aromatic N) is 1. The van der Waals surface area contributed by atoms with Gasteiger partial charge in [-0.3, -0.25) is 4.79 Å². The molecule has 2 heterocycles. The lowest BCUT2D eigenvalue weighted by atomic mass is 10.0. The topological polar surface area (TPSA) is 108 Å². The Hall–Kier alpha value is -3.19. The van der Waals surface area contributed by atoms with Gasteiger partial charge in [-0.1, -0.05) is 12.1 Å². The van der Waals surface area contributed by atoms with Crippen molar-refractivity contribution < 1.29 is 8.83 Å². The third-order valence-electron chi connectivity index (χ3n) is 5.01. The molecular formula is C20H18N2O5. The second kappa shape index (κ2) is 6.21. The Morgan fingerprint density at radius 2 is 1.63 bits per heavy atom. The molecule has 4 rings (SSSR count). The smallest absolute Gasteiger partial charge is 0.414 e. The summed E-state index contributed by atoms with van der Waals surface area (Å²) in [5.74, 6) is 0. The number of aryl methyl sites for hydroxylation is 3. The van der Waals surface area contributed by atoms with Gasteiger partial charge in [-0.15, -0.1) is 0 Å². The van der Waals surface area contributed by atoms with Crippen LogP contribution in [0, 0.1) is 13.8 Å². The van der Waals surface area contributed by atoms with Crippen molar-refractivity contribution in [1.82, 2.24) is 4.57 Å². The van der Waals surface area contributed by atoms with Crippen molar-refractivity contribution in [3.05, 3.63) is 66.5 Å². The molecule has 2 aromatic heterocycles. The zero-order valence-electron chi connectivity index (χ0n) is 15.0. The summed E-state index contributed by atoms with van der Waals surface area (Å²) < 4.78 is 12.4. The van der Waals surface area contributed by atoms with Gasteiger partial charge in [-0.25, -0.2) is 9.59 Å². The summed E-state index contributed by atoms with van der Waals surface area (Å²) in [6, 6.07) is 7.26. The molecular weight excluding hydrogens is 348 g/mol. The predicted octanol–water partition coefficient (Wildman–Crippen LogP) is 2.18. The molecule has 0 radical (unpaired) electrons. The minimum absolute atomic E-state index is 0.00921. The fourth-order valence-electron chi connectivity index (χ4n) is 3.60. The van der Waals surface area contributed by atoms with Crippen molar-refractivity contribution in [2.75, 3.05) is 6.54 Å². The van der Waals surface area contributed by atoms with E-state index >= 15 is 0 Å². The second-order valence-corrected chi connectivity index (χ2v) is 6.55. The third-order valence-corrected chi connectivity index (χ3v) is 5.01. The number of rotatable bonds is 3. The largest absolute Gasteiger partial charge is 0.423 e. The number of fused-ring (bicyclic) bond motifs is 4. The van der Waals surface area contributed by atoms with Crippen molar-refractivity contribution in [3.63, 3.8) is 0 Å². The van der Waals surface area contributed by atoms with Crippen molar-refractivity contribution in [3.8, 4) is 0 Å². The van der Waals surface area contributed by atoms with Crippen LogP contribution < -0.4 is 22.4 Å². The number of aromatic nitrogens is 1. The van der Waals surface area contributed by atoms with Gasteiger partial charge >= 0.3 is 11.3 Å². The van der Waals surface area contributed by atoms with Crippen LogP contribution in [-0.2, 0) is 6.54 Å². The minimum atomic E-state index is -1.13. The Balaban J connectivity index is 2.39. The zero-order chi connectivity index (χ0) is 19.3. The average Bonchev–Trinajstić information content (AvgIpc) is 2.67. The molecule has 2 N–H and O–H groups in total. The summed E-state index contributed by atoms with van der Waals surface area (Å²) >= 11 is 0. The summed E-state index contributed by atoms with van der Waals surface area (Å²) in [5, 5.41) is 0.741. The molecule has 0 amide bonds. The molecule has 2 aromatic carbocycles. The molecule has 0 saturated heterocycles. The summed E-state index contributed by atoms with van der Waals surface area (Å²) in [4.78, 5) is 36.7. The Labute approximate surface area is 152 Å². The Morgan fingerprint density at radius 1 is 0.963 bits per heavy atom. The van der Waals surface area contributed by atoms with Gasteiger partial charge in [0.05, 0.1) is 16.4 Å². The van der Waals surface area contributed by atoms with E-state index < -0.39 is 11.3 Å². The van der Waals surface area contributed by atoms with Crippen LogP contribution in [-0.4, -0.2) is 11.1 Å². The molecule has 0 aliphatic carbocycles. The fraction of sp³-hybridized carbons (Fsp3) is 0.250. The van der Waals surface area contributed by atoms with E-state index in [1.54, 1.807) is 19.1 Å². The maximum absolute atomic E-state index is 13.3. The molecule has 0 fully saturated rings. The highest BCUT2D eigenvalue weighted by Crippen LogP contribution is 2.31. The molecule has 0 unspecified atom stereocenters. The summed E-state index contributed by atoms with van der Waals surface area (Å²) in [7, 11) is 0. The van der Waals surface area contributed by atoms with Crippen LogP contribution in [0.4, 0.5) is 0 Å². The third kappa shape index (κ3) is 2.43. The molecule has 0 spiro atoms. The van der Waals surface area contributed by atoms with Gasteiger partial charge in [0.15, 0.2) is 11.2 Å². The Morgan fingerprint density at radius 3 is 2.33 bits per heavy atom. The zero-order valence-corrected chi connectivity index (χ0v) is 15.0. The van der Waals surface area contributed by atoms with Gasteiger partial charge in [0.25, 0.3) is 0 Å². The molecule has 0 saturated carbocycles. The van der Waals surface area contributed by atoms with Crippen LogP contribution in [0.1, 0.15) is 17.5 Å². The molecule has 4 aromatic rings. The van der Waals surface area contributed by atoms with Gasteiger partial charge in [0, 0.05) is 17.5 Å². The predicted molar refractivity (Wildman–Crippen MR) is 103 cm³/mol. The molecule has 138 valence electrons. The second-order valence-electron chi connectivity index (χ2n) is 6.55. The maximum Gasteiger partial charge on any atom is 0.423 e. The van der Waals surface area contributed by atoms with Gasteiger partial charge in [0.2, 0.25) is 5.43 Å². The van der Waals surface area contributed by atoms with Crippen molar-refractivity contribution in [2.45, 2.75) is 26.8 Å². The quantitative estimate of drug-likeness (QED) is 0.338. The van der Waals surface area contributed by atoms with E-state index in [2.05, 4.69) is 0 Å². The Bertz CT molecular complexity index is 1390. The van der Waals surface area contributed by atoms with Gasteiger partial charge in [0.1, 0.15) is 0 Å². The van der Waals surface area contributed by atoms with Gasteiger partial charge in [-0.2, -0.15) is 0 Å². The summed E-state index contributed by atoms with van der Waals surface area (Å²) in [6.45, 7) is 4.72. The first-order valence-corrected chi connectivity index (χ1v) is 8.68. The monoisotopic (exact) mass is 366 g/mol. The van der Waals surface area contributed by atoms with E-state index in [-0.39, 0.29) is 22.0 Å². The number of benzene rings is 2. The van der Waals surface area contributed by atoms with Crippen molar-refractivity contribution in [2.24, 2.45) is 5.73 Å². The highest BCUT2D eigenvalue weighted by atomic mass is 16.5. The van der Waals surface area contributed by atoms with Crippen LogP contribution in [0.15, 0.2) is 47.5 Å².